The second-order valence-electron chi connectivity index (χ2n) is 8.02. The molecule has 176 valence electrons. The van der Waals surface area contributed by atoms with Crippen molar-refractivity contribution in [2.45, 2.75) is 32.6 Å². The van der Waals surface area contributed by atoms with Crippen molar-refractivity contribution in [2.75, 3.05) is 50.5 Å². The van der Waals surface area contributed by atoms with Crippen molar-refractivity contribution in [3.8, 4) is 11.5 Å². The number of likely N-dealkylation sites (tertiary alicyclic amines) is 1. The molecule has 1 aromatic carbocycles. The lowest BCUT2D eigenvalue weighted by Crippen LogP contribution is -2.21. The highest BCUT2D eigenvalue weighted by atomic mass is 16.5. The van der Waals surface area contributed by atoms with Gasteiger partial charge in [0.25, 0.3) is 0 Å². The summed E-state index contributed by atoms with van der Waals surface area (Å²) in [7, 11) is 1.65. The average molecular weight is 453 g/mol. The van der Waals surface area contributed by atoms with Gasteiger partial charge in [-0.05, 0) is 57.5 Å². The molecule has 0 bridgehead atoms. The van der Waals surface area contributed by atoms with Gasteiger partial charge in [0.15, 0.2) is 17.3 Å². The third-order valence-corrected chi connectivity index (χ3v) is 5.45. The first-order valence-electron chi connectivity index (χ1n) is 11.4. The number of nitrogens with one attached hydrogen (secondary N) is 3. The number of methoxy groups -OCH3 is 1. The minimum atomic E-state index is 0.499. The van der Waals surface area contributed by atoms with Crippen LogP contribution in [-0.4, -0.2) is 69.9 Å². The van der Waals surface area contributed by atoms with Crippen LogP contribution in [-0.2, 0) is 6.42 Å². The highest BCUT2D eigenvalue weighted by Gasteiger charge is 2.12. The molecule has 2 aromatic heterocycles. The first-order chi connectivity index (χ1) is 16.2. The fraction of sp³-hybridized carbons (Fsp3) is 0.478. The van der Waals surface area contributed by atoms with Crippen LogP contribution < -0.4 is 20.1 Å². The Kier molecular flexibility index (Phi) is 7.91. The van der Waals surface area contributed by atoms with Crippen molar-refractivity contribution >= 4 is 17.5 Å². The van der Waals surface area contributed by atoms with E-state index in [-0.39, 0.29) is 0 Å². The lowest BCUT2D eigenvalue weighted by atomic mass is 10.2. The molecule has 0 spiro atoms. The van der Waals surface area contributed by atoms with E-state index in [4.69, 9.17) is 9.47 Å². The van der Waals surface area contributed by atoms with E-state index in [1.54, 1.807) is 13.3 Å². The van der Waals surface area contributed by atoms with Gasteiger partial charge in [0.05, 0.1) is 13.7 Å². The summed E-state index contributed by atoms with van der Waals surface area (Å²) in [5.74, 6) is 4.23. The summed E-state index contributed by atoms with van der Waals surface area (Å²) in [6.45, 7) is 6.69. The SMILES string of the molecule is COc1ccc(Nc2nccc(NCCc3n[nH]c(C)n3)n2)cc1OCCCN1CCCC1. The Labute approximate surface area is 194 Å². The lowest BCUT2D eigenvalue weighted by molar-refractivity contribution is 0.254. The molecule has 0 radical (unpaired) electrons. The van der Waals surface area contributed by atoms with Gasteiger partial charge in [-0.25, -0.2) is 9.97 Å². The molecular weight excluding hydrogens is 420 g/mol. The molecule has 4 rings (SSSR count). The highest BCUT2D eigenvalue weighted by Crippen LogP contribution is 2.31. The number of rotatable bonds is 12. The van der Waals surface area contributed by atoms with Crippen LogP contribution in [0.2, 0.25) is 0 Å². The molecule has 10 heteroatoms. The predicted octanol–water partition coefficient (Wildman–Crippen LogP) is 3.17. The molecule has 3 aromatic rings. The molecule has 0 unspecified atom stereocenters. The van der Waals surface area contributed by atoms with Crippen LogP contribution >= 0.6 is 0 Å². The van der Waals surface area contributed by atoms with Crippen LogP contribution in [0, 0.1) is 6.92 Å². The van der Waals surface area contributed by atoms with Crippen molar-refractivity contribution in [3.05, 3.63) is 42.1 Å². The number of anilines is 3. The van der Waals surface area contributed by atoms with Gasteiger partial charge in [-0.3, -0.25) is 5.10 Å². The Bertz CT molecular complexity index is 1020. The largest absolute Gasteiger partial charge is 0.493 e. The van der Waals surface area contributed by atoms with Gasteiger partial charge in [0, 0.05) is 37.5 Å². The molecular formula is C23H32N8O2. The zero-order valence-corrected chi connectivity index (χ0v) is 19.3. The fourth-order valence-electron chi connectivity index (χ4n) is 3.79. The summed E-state index contributed by atoms with van der Waals surface area (Å²) in [5.41, 5.74) is 0.832. The highest BCUT2D eigenvalue weighted by molar-refractivity contribution is 5.60. The van der Waals surface area contributed by atoms with Crippen molar-refractivity contribution < 1.29 is 9.47 Å². The third kappa shape index (κ3) is 6.79. The maximum atomic E-state index is 6.03. The first kappa shape index (κ1) is 22.8. The van der Waals surface area contributed by atoms with E-state index < -0.39 is 0 Å². The number of aromatic nitrogens is 5. The lowest BCUT2D eigenvalue weighted by Gasteiger charge is -2.16. The maximum absolute atomic E-state index is 6.03. The maximum Gasteiger partial charge on any atom is 0.229 e. The van der Waals surface area contributed by atoms with Crippen molar-refractivity contribution in [2.24, 2.45) is 0 Å². The summed E-state index contributed by atoms with van der Waals surface area (Å²) >= 11 is 0. The van der Waals surface area contributed by atoms with Gasteiger partial charge in [0.1, 0.15) is 11.6 Å². The summed E-state index contributed by atoms with van der Waals surface area (Å²) in [6, 6.07) is 7.56. The first-order valence-corrected chi connectivity index (χ1v) is 11.4. The van der Waals surface area contributed by atoms with Crippen molar-refractivity contribution in [3.63, 3.8) is 0 Å². The molecule has 10 nitrogen and oxygen atoms in total. The van der Waals surface area contributed by atoms with Crippen LogP contribution in [0.15, 0.2) is 30.5 Å². The molecule has 0 atom stereocenters. The normalized spacial score (nSPS) is 13.8. The molecule has 1 aliphatic heterocycles. The standard InChI is InChI=1S/C23H32N8O2/c1-17-26-22(30-29-17)9-10-24-21-8-11-25-23(28-21)27-18-6-7-19(32-2)20(16-18)33-15-5-14-31-12-3-4-13-31/h6-8,11,16H,3-5,9-10,12-15H2,1-2H3,(H,26,29,30)(H2,24,25,27,28). The summed E-state index contributed by atoms with van der Waals surface area (Å²) < 4.78 is 11.5. The molecule has 1 fully saturated rings. The minimum Gasteiger partial charge on any atom is -0.493 e. The number of ether oxygens (including phenoxy) is 2. The van der Waals surface area contributed by atoms with E-state index in [1.165, 1.54) is 25.9 Å². The monoisotopic (exact) mass is 452 g/mol. The van der Waals surface area contributed by atoms with E-state index in [0.29, 0.717) is 37.0 Å². The number of nitrogens with zero attached hydrogens (tertiary/aromatic N) is 5. The van der Waals surface area contributed by atoms with Gasteiger partial charge < -0.3 is 25.0 Å². The van der Waals surface area contributed by atoms with Crippen LogP contribution in [0.25, 0.3) is 0 Å². The van der Waals surface area contributed by atoms with Crippen LogP contribution in [0.4, 0.5) is 17.5 Å². The Balaban J connectivity index is 1.30. The van der Waals surface area contributed by atoms with E-state index in [1.807, 2.05) is 31.2 Å². The minimum absolute atomic E-state index is 0.499. The van der Waals surface area contributed by atoms with E-state index in [9.17, 15) is 0 Å². The third-order valence-electron chi connectivity index (χ3n) is 5.45. The summed E-state index contributed by atoms with van der Waals surface area (Å²) in [4.78, 5) is 15.7. The molecule has 0 saturated carbocycles. The van der Waals surface area contributed by atoms with Gasteiger partial charge in [-0.2, -0.15) is 10.1 Å². The molecule has 0 amide bonds. The summed E-state index contributed by atoms with van der Waals surface area (Å²) in [5, 5.41) is 13.5. The quantitative estimate of drug-likeness (QED) is 0.357. The smallest absolute Gasteiger partial charge is 0.229 e. The second kappa shape index (κ2) is 11.5. The average Bonchev–Trinajstić information content (AvgIpc) is 3.49. The van der Waals surface area contributed by atoms with Crippen LogP contribution in [0.3, 0.4) is 0 Å². The van der Waals surface area contributed by atoms with Gasteiger partial charge in [0.2, 0.25) is 5.95 Å². The number of aromatic amines is 1. The molecule has 0 aliphatic carbocycles. The molecule has 33 heavy (non-hydrogen) atoms. The fourth-order valence-corrected chi connectivity index (χ4v) is 3.79. The number of H-pyrrole nitrogens is 1. The molecule has 3 N–H and O–H groups in total. The zero-order chi connectivity index (χ0) is 22.9. The predicted molar refractivity (Wildman–Crippen MR) is 127 cm³/mol. The molecule has 1 saturated heterocycles. The zero-order valence-electron chi connectivity index (χ0n) is 19.3. The molecule has 1 aliphatic rings. The number of aryl methyl sites for hydroxylation is 1. The van der Waals surface area contributed by atoms with Gasteiger partial charge in [-0.1, -0.05) is 0 Å². The second-order valence-corrected chi connectivity index (χ2v) is 8.02. The Hall–Kier alpha value is -3.40. The van der Waals surface area contributed by atoms with Crippen LogP contribution in [0.1, 0.15) is 30.9 Å². The Morgan fingerprint density at radius 1 is 1.12 bits per heavy atom. The molecule has 3 heterocycles. The van der Waals surface area contributed by atoms with Crippen molar-refractivity contribution in [1.82, 2.24) is 30.0 Å². The van der Waals surface area contributed by atoms with Gasteiger partial charge in [-0.15, -0.1) is 0 Å². The van der Waals surface area contributed by atoms with Crippen LogP contribution in [0.5, 0.6) is 11.5 Å². The van der Waals surface area contributed by atoms with Crippen molar-refractivity contribution in [1.29, 1.82) is 0 Å². The van der Waals surface area contributed by atoms with Gasteiger partial charge >= 0.3 is 0 Å². The number of benzene rings is 1. The van der Waals surface area contributed by atoms with E-state index in [2.05, 4.69) is 40.7 Å². The topological polar surface area (TPSA) is 113 Å². The number of hydrogen-bond acceptors (Lipinski definition) is 9. The number of hydrogen-bond donors (Lipinski definition) is 3. The summed E-state index contributed by atoms with van der Waals surface area (Å²) in [6.07, 6.45) is 6.03. The van der Waals surface area contributed by atoms with E-state index >= 15 is 0 Å². The van der Waals surface area contributed by atoms with E-state index in [0.717, 1.165) is 36.1 Å². The Morgan fingerprint density at radius 3 is 2.79 bits per heavy atom. The Morgan fingerprint density at radius 2 is 2.00 bits per heavy atom.